The van der Waals surface area contributed by atoms with Crippen LogP contribution in [0.4, 0.5) is 0 Å². The van der Waals surface area contributed by atoms with Crippen molar-refractivity contribution in [1.82, 2.24) is 10.6 Å². The Labute approximate surface area is 139 Å². The van der Waals surface area contributed by atoms with Gasteiger partial charge in [-0.25, -0.2) is 0 Å². The lowest BCUT2D eigenvalue weighted by atomic mass is 10.1. The Morgan fingerprint density at radius 2 is 1.18 bits per heavy atom. The van der Waals surface area contributed by atoms with Gasteiger partial charge in [-0.15, -0.1) is 0 Å². The molecule has 0 unspecified atom stereocenters. The number of rotatable bonds is 17. The summed E-state index contributed by atoms with van der Waals surface area (Å²) in [6.45, 7) is 4.14. The zero-order valence-electron chi connectivity index (χ0n) is 15.2. The highest BCUT2D eigenvalue weighted by Crippen LogP contribution is 2.11. The Bertz CT molecular complexity index is 231. The predicted molar refractivity (Wildman–Crippen MR) is 97.2 cm³/mol. The summed E-state index contributed by atoms with van der Waals surface area (Å²) in [6, 6.07) is 0. The van der Waals surface area contributed by atoms with Gasteiger partial charge < -0.3 is 10.6 Å². The fraction of sp³-hybridized carbons (Fsp3) is 0.947. The smallest absolute Gasteiger partial charge is 0.219 e. The maximum atomic E-state index is 11.6. The summed E-state index contributed by atoms with van der Waals surface area (Å²) < 4.78 is 0. The van der Waals surface area contributed by atoms with Crippen molar-refractivity contribution in [2.24, 2.45) is 0 Å². The molecule has 0 radical (unpaired) electrons. The first-order chi connectivity index (χ1) is 10.8. The summed E-state index contributed by atoms with van der Waals surface area (Å²) in [5, 5.41) is 6.13. The molecule has 0 aliphatic rings. The fourth-order valence-electron chi connectivity index (χ4n) is 2.69. The normalized spacial score (nSPS) is 10.8. The van der Waals surface area contributed by atoms with Crippen LogP contribution in [0.3, 0.4) is 0 Å². The minimum Gasteiger partial charge on any atom is -0.356 e. The van der Waals surface area contributed by atoms with Gasteiger partial charge in [-0.2, -0.15) is 0 Å². The van der Waals surface area contributed by atoms with Crippen molar-refractivity contribution in [3.63, 3.8) is 0 Å². The molecule has 0 aromatic heterocycles. The number of amides is 1. The quantitative estimate of drug-likeness (QED) is 0.379. The van der Waals surface area contributed by atoms with Gasteiger partial charge in [-0.05, 0) is 32.9 Å². The van der Waals surface area contributed by atoms with Gasteiger partial charge in [0.1, 0.15) is 0 Å². The van der Waals surface area contributed by atoms with Gasteiger partial charge in [0.05, 0.1) is 0 Å². The van der Waals surface area contributed by atoms with Crippen LogP contribution in [0.1, 0.15) is 96.8 Å². The van der Waals surface area contributed by atoms with Crippen molar-refractivity contribution >= 4 is 5.91 Å². The van der Waals surface area contributed by atoms with Crippen molar-refractivity contribution in [2.75, 3.05) is 20.1 Å². The first-order valence-electron chi connectivity index (χ1n) is 9.72. The molecule has 132 valence electrons. The van der Waals surface area contributed by atoms with Crippen LogP contribution in [0.25, 0.3) is 0 Å². The van der Waals surface area contributed by atoms with E-state index < -0.39 is 0 Å². The summed E-state index contributed by atoms with van der Waals surface area (Å²) in [4.78, 5) is 11.6. The molecule has 0 atom stereocenters. The first kappa shape index (κ1) is 21.4. The molecule has 0 aromatic carbocycles. The number of nitrogens with one attached hydrogen (secondary N) is 2. The molecular weight excluding hydrogens is 272 g/mol. The van der Waals surface area contributed by atoms with Gasteiger partial charge in [0, 0.05) is 13.0 Å². The Morgan fingerprint density at radius 3 is 1.73 bits per heavy atom. The summed E-state index contributed by atoms with van der Waals surface area (Å²) >= 11 is 0. The molecule has 22 heavy (non-hydrogen) atoms. The third-order valence-corrected chi connectivity index (χ3v) is 4.18. The third-order valence-electron chi connectivity index (χ3n) is 4.18. The van der Waals surface area contributed by atoms with Gasteiger partial charge in [-0.1, -0.05) is 71.1 Å². The number of hydrogen-bond donors (Lipinski definition) is 2. The van der Waals surface area contributed by atoms with Crippen LogP contribution >= 0.6 is 0 Å². The number of carbonyl (C=O) groups excluding carboxylic acids is 1. The van der Waals surface area contributed by atoms with Crippen molar-refractivity contribution < 1.29 is 4.79 Å². The Kier molecular flexibility index (Phi) is 18.0. The zero-order valence-corrected chi connectivity index (χ0v) is 15.2. The van der Waals surface area contributed by atoms with Crippen LogP contribution < -0.4 is 10.6 Å². The molecule has 0 aliphatic carbocycles. The first-order valence-corrected chi connectivity index (χ1v) is 9.72. The molecule has 0 saturated heterocycles. The van der Waals surface area contributed by atoms with E-state index in [4.69, 9.17) is 0 Å². The van der Waals surface area contributed by atoms with Crippen LogP contribution in [0, 0.1) is 0 Å². The van der Waals surface area contributed by atoms with Gasteiger partial charge in [-0.3, -0.25) is 4.79 Å². The topological polar surface area (TPSA) is 41.1 Å². The van der Waals surface area contributed by atoms with Crippen molar-refractivity contribution in [3.05, 3.63) is 0 Å². The third kappa shape index (κ3) is 17.5. The van der Waals surface area contributed by atoms with E-state index in [-0.39, 0.29) is 5.91 Å². The van der Waals surface area contributed by atoms with Gasteiger partial charge in [0.2, 0.25) is 5.91 Å². The summed E-state index contributed by atoms with van der Waals surface area (Å²) in [5.74, 6) is 0.236. The van der Waals surface area contributed by atoms with Gasteiger partial charge >= 0.3 is 0 Å². The van der Waals surface area contributed by atoms with E-state index in [1.54, 1.807) is 0 Å². The number of hydrogen-bond acceptors (Lipinski definition) is 2. The molecule has 0 fully saturated rings. The highest BCUT2D eigenvalue weighted by molar-refractivity contribution is 5.75. The molecule has 1 amide bonds. The Morgan fingerprint density at radius 1 is 0.682 bits per heavy atom. The summed E-state index contributed by atoms with van der Waals surface area (Å²) in [6.07, 6.45) is 17.6. The lowest BCUT2D eigenvalue weighted by molar-refractivity contribution is -0.121. The number of carbonyl (C=O) groups is 1. The predicted octanol–water partition coefficient (Wildman–Crippen LogP) is 4.80. The van der Waals surface area contributed by atoms with E-state index in [0.717, 1.165) is 32.4 Å². The van der Waals surface area contributed by atoms with Crippen LogP contribution in [-0.4, -0.2) is 26.0 Å². The Balaban J connectivity index is 3.10. The molecule has 0 aromatic rings. The lowest BCUT2D eigenvalue weighted by Crippen LogP contribution is -2.24. The van der Waals surface area contributed by atoms with E-state index in [9.17, 15) is 4.79 Å². The van der Waals surface area contributed by atoms with Crippen LogP contribution in [0.5, 0.6) is 0 Å². The molecule has 0 rings (SSSR count). The summed E-state index contributed by atoms with van der Waals surface area (Å²) in [7, 11) is 1.96. The van der Waals surface area contributed by atoms with E-state index in [1.807, 2.05) is 7.05 Å². The number of unbranched alkanes of at least 4 members (excludes halogenated alkanes) is 11. The zero-order chi connectivity index (χ0) is 16.3. The molecule has 0 heterocycles. The van der Waals surface area contributed by atoms with Crippen LogP contribution in [-0.2, 0) is 4.79 Å². The standard InChI is InChI=1S/C19H40N2O/c1-3-4-5-6-7-8-9-10-11-12-13-16-19(22)21-18-15-14-17-20-2/h20H,3-18H2,1-2H3,(H,21,22). The second kappa shape index (κ2) is 18.5. The van der Waals surface area contributed by atoms with E-state index in [2.05, 4.69) is 17.6 Å². The molecule has 3 heteroatoms. The molecule has 0 bridgehead atoms. The average molecular weight is 313 g/mol. The van der Waals surface area contributed by atoms with Gasteiger partial charge in [0.15, 0.2) is 0 Å². The minimum atomic E-state index is 0.236. The second-order valence-corrected chi connectivity index (χ2v) is 6.45. The maximum Gasteiger partial charge on any atom is 0.219 e. The monoisotopic (exact) mass is 312 g/mol. The lowest BCUT2D eigenvalue weighted by Gasteiger charge is -2.05. The molecular formula is C19H40N2O. The maximum absolute atomic E-state index is 11.6. The minimum absolute atomic E-state index is 0.236. The van der Waals surface area contributed by atoms with Crippen LogP contribution in [0.2, 0.25) is 0 Å². The molecule has 0 saturated carbocycles. The highest BCUT2D eigenvalue weighted by Gasteiger charge is 2.00. The van der Waals surface area contributed by atoms with Crippen molar-refractivity contribution in [2.45, 2.75) is 96.8 Å². The molecule has 0 aliphatic heterocycles. The largest absolute Gasteiger partial charge is 0.356 e. The summed E-state index contributed by atoms with van der Waals surface area (Å²) in [5.41, 5.74) is 0. The SMILES string of the molecule is CCCCCCCCCCCCCC(=O)NCCCCNC. The average Bonchev–Trinajstić information content (AvgIpc) is 2.52. The van der Waals surface area contributed by atoms with Crippen LogP contribution in [0.15, 0.2) is 0 Å². The Hall–Kier alpha value is -0.570. The fourth-order valence-corrected chi connectivity index (χ4v) is 2.69. The van der Waals surface area contributed by atoms with Crippen molar-refractivity contribution in [1.29, 1.82) is 0 Å². The molecule has 2 N–H and O–H groups in total. The van der Waals surface area contributed by atoms with E-state index in [0.29, 0.717) is 6.42 Å². The second-order valence-electron chi connectivity index (χ2n) is 6.45. The van der Waals surface area contributed by atoms with Gasteiger partial charge in [0.25, 0.3) is 0 Å². The highest BCUT2D eigenvalue weighted by atomic mass is 16.1. The van der Waals surface area contributed by atoms with E-state index >= 15 is 0 Å². The van der Waals surface area contributed by atoms with E-state index in [1.165, 1.54) is 64.2 Å². The molecule has 3 nitrogen and oxygen atoms in total. The van der Waals surface area contributed by atoms with Crippen molar-refractivity contribution in [3.8, 4) is 0 Å². The molecule has 0 spiro atoms.